The maximum Gasteiger partial charge on any atom is 0.191 e. The Labute approximate surface area is 171 Å². The third kappa shape index (κ3) is 7.71. The highest BCUT2D eigenvalue weighted by atomic mass is 127. The Hall–Kier alpha value is -1.00. The largest absolute Gasteiger partial charge is 0.385 e. The summed E-state index contributed by atoms with van der Waals surface area (Å²) in [7, 11) is 3.40. The molecule has 148 valence electrons. The fourth-order valence-corrected chi connectivity index (χ4v) is 2.98. The number of benzene rings is 1. The van der Waals surface area contributed by atoms with Gasteiger partial charge in [0.1, 0.15) is 11.6 Å². The number of piperidine rings is 1. The summed E-state index contributed by atoms with van der Waals surface area (Å²) in [5.41, 5.74) is 0.288. The first kappa shape index (κ1) is 23.0. The normalized spacial score (nSPS) is 16.2. The molecule has 1 saturated heterocycles. The van der Waals surface area contributed by atoms with Crippen LogP contribution in [0.1, 0.15) is 24.8 Å². The van der Waals surface area contributed by atoms with E-state index in [-0.39, 0.29) is 36.1 Å². The van der Waals surface area contributed by atoms with Gasteiger partial charge < -0.3 is 20.3 Å². The van der Waals surface area contributed by atoms with Crippen molar-refractivity contribution in [3.8, 4) is 0 Å². The zero-order chi connectivity index (χ0) is 18.1. The third-order valence-electron chi connectivity index (χ3n) is 4.43. The van der Waals surface area contributed by atoms with Crippen molar-refractivity contribution in [2.45, 2.75) is 31.8 Å². The average molecular weight is 482 g/mol. The van der Waals surface area contributed by atoms with Gasteiger partial charge in [0, 0.05) is 58.5 Å². The molecule has 0 amide bonds. The van der Waals surface area contributed by atoms with E-state index in [4.69, 9.17) is 4.74 Å². The minimum atomic E-state index is -0.443. The quantitative estimate of drug-likeness (QED) is 0.272. The fraction of sp³-hybridized carbons (Fsp3) is 0.611. The third-order valence-corrected chi connectivity index (χ3v) is 4.43. The molecule has 26 heavy (non-hydrogen) atoms. The molecule has 0 spiro atoms. The van der Waals surface area contributed by atoms with Crippen LogP contribution in [0.3, 0.4) is 0 Å². The number of halogens is 3. The van der Waals surface area contributed by atoms with Crippen LogP contribution in [-0.4, -0.2) is 57.3 Å². The van der Waals surface area contributed by atoms with Crippen LogP contribution in [0.25, 0.3) is 0 Å². The maximum atomic E-state index is 13.7. The van der Waals surface area contributed by atoms with Gasteiger partial charge in [-0.15, -0.1) is 24.0 Å². The molecular formula is C18H29F2IN4O. The molecule has 1 aromatic carbocycles. The summed E-state index contributed by atoms with van der Waals surface area (Å²) in [6.07, 6.45) is 3.11. The number of likely N-dealkylation sites (tertiary alicyclic amines) is 1. The van der Waals surface area contributed by atoms with E-state index in [9.17, 15) is 8.78 Å². The van der Waals surface area contributed by atoms with Crippen molar-refractivity contribution in [1.29, 1.82) is 0 Å². The molecule has 0 aliphatic carbocycles. The molecule has 0 radical (unpaired) electrons. The molecule has 2 rings (SSSR count). The Bertz CT molecular complexity index is 566. The number of guanidine groups is 1. The number of ether oxygens (including phenoxy) is 1. The predicted octanol–water partition coefficient (Wildman–Crippen LogP) is 2.75. The lowest BCUT2D eigenvalue weighted by molar-refractivity contribution is 0.155. The summed E-state index contributed by atoms with van der Waals surface area (Å²) < 4.78 is 32.0. The van der Waals surface area contributed by atoms with Crippen molar-refractivity contribution < 1.29 is 13.5 Å². The van der Waals surface area contributed by atoms with E-state index >= 15 is 0 Å². The van der Waals surface area contributed by atoms with Gasteiger partial charge in [-0.05, 0) is 37.5 Å². The first-order chi connectivity index (χ1) is 12.1. The first-order valence-corrected chi connectivity index (χ1v) is 8.74. The SMILES string of the molecule is CN=C(NCc1cc(F)ccc1F)NC1CCN(CCCOC)CC1.I. The zero-order valence-corrected chi connectivity index (χ0v) is 17.8. The second-order valence-electron chi connectivity index (χ2n) is 6.27. The van der Waals surface area contributed by atoms with Gasteiger partial charge in [0.2, 0.25) is 0 Å². The second kappa shape index (κ2) is 12.4. The topological polar surface area (TPSA) is 48.9 Å². The summed E-state index contributed by atoms with van der Waals surface area (Å²) in [6.45, 7) is 4.13. The van der Waals surface area contributed by atoms with Gasteiger partial charge in [-0.1, -0.05) is 0 Å². The fourth-order valence-electron chi connectivity index (χ4n) is 2.98. The van der Waals surface area contributed by atoms with Gasteiger partial charge in [0.25, 0.3) is 0 Å². The monoisotopic (exact) mass is 482 g/mol. The predicted molar refractivity (Wildman–Crippen MR) is 111 cm³/mol. The Morgan fingerprint density at radius 2 is 2.04 bits per heavy atom. The van der Waals surface area contributed by atoms with Crippen molar-refractivity contribution in [3.05, 3.63) is 35.4 Å². The van der Waals surface area contributed by atoms with Gasteiger partial charge in [-0.2, -0.15) is 0 Å². The lowest BCUT2D eigenvalue weighted by Crippen LogP contribution is -2.48. The van der Waals surface area contributed by atoms with Crippen LogP contribution in [0.5, 0.6) is 0 Å². The molecule has 0 unspecified atom stereocenters. The van der Waals surface area contributed by atoms with Crippen LogP contribution in [-0.2, 0) is 11.3 Å². The van der Waals surface area contributed by atoms with E-state index in [2.05, 4.69) is 20.5 Å². The van der Waals surface area contributed by atoms with Crippen molar-refractivity contribution in [2.24, 2.45) is 4.99 Å². The van der Waals surface area contributed by atoms with E-state index in [0.29, 0.717) is 12.0 Å². The smallest absolute Gasteiger partial charge is 0.191 e. The Morgan fingerprint density at radius 3 is 2.69 bits per heavy atom. The Morgan fingerprint density at radius 1 is 1.31 bits per heavy atom. The second-order valence-corrected chi connectivity index (χ2v) is 6.27. The summed E-state index contributed by atoms with van der Waals surface area (Å²) in [4.78, 5) is 6.62. The lowest BCUT2D eigenvalue weighted by atomic mass is 10.1. The first-order valence-electron chi connectivity index (χ1n) is 8.74. The van der Waals surface area contributed by atoms with Gasteiger partial charge >= 0.3 is 0 Å². The van der Waals surface area contributed by atoms with E-state index in [1.54, 1.807) is 14.2 Å². The van der Waals surface area contributed by atoms with Gasteiger partial charge in [0.05, 0.1) is 0 Å². The van der Waals surface area contributed by atoms with Crippen LogP contribution in [0.15, 0.2) is 23.2 Å². The van der Waals surface area contributed by atoms with Crippen LogP contribution in [0.2, 0.25) is 0 Å². The van der Waals surface area contributed by atoms with E-state index in [1.165, 1.54) is 6.07 Å². The standard InChI is InChI=1S/C18H28F2N4O.HI/c1-21-18(22-13-14-12-15(19)4-5-17(14)20)23-16-6-9-24(10-7-16)8-3-11-25-2;/h4-5,12,16H,3,6-11,13H2,1-2H3,(H2,21,22,23);1H. The van der Waals surface area contributed by atoms with Crippen molar-refractivity contribution >= 4 is 29.9 Å². The summed E-state index contributed by atoms with van der Waals surface area (Å²) >= 11 is 0. The molecule has 0 saturated carbocycles. The summed E-state index contributed by atoms with van der Waals surface area (Å²) in [5.74, 6) is -0.253. The number of aliphatic imine (C=N–C) groups is 1. The van der Waals surface area contributed by atoms with Crippen LogP contribution in [0.4, 0.5) is 8.78 Å². The highest BCUT2D eigenvalue weighted by Crippen LogP contribution is 2.11. The molecule has 1 aromatic rings. The molecular weight excluding hydrogens is 453 g/mol. The minimum Gasteiger partial charge on any atom is -0.385 e. The highest BCUT2D eigenvalue weighted by Gasteiger charge is 2.19. The number of rotatable bonds is 7. The van der Waals surface area contributed by atoms with Crippen molar-refractivity contribution in [3.63, 3.8) is 0 Å². The number of nitrogens with one attached hydrogen (secondary N) is 2. The van der Waals surface area contributed by atoms with Crippen molar-refractivity contribution in [1.82, 2.24) is 15.5 Å². The van der Waals surface area contributed by atoms with E-state index < -0.39 is 11.6 Å². The molecule has 0 atom stereocenters. The molecule has 1 heterocycles. The highest BCUT2D eigenvalue weighted by molar-refractivity contribution is 14.0. The van der Waals surface area contributed by atoms with E-state index in [0.717, 1.165) is 57.6 Å². The van der Waals surface area contributed by atoms with Gasteiger partial charge in [-0.25, -0.2) is 8.78 Å². The molecule has 5 nitrogen and oxygen atoms in total. The molecule has 0 aromatic heterocycles. The molecule has 1 aliphatic heterocycles. The molecule has 2 N–H and O–H groups in total. The molecule has 1 aliphatic rings. The van der Waals surface area contributed by atoms with E-state index in [1.807, 2.05) is 0 Å². The number of hydrogen-bond donors (Lipinski definition) is 2. The Kier molecular flexibility index (Phi) is 11.0. The number of nitrogens with zero attached hydrogens (tertiary/aromatic N) is 2. The van der Waals surface area contributed by atoms with Crippen LogP contribution >= 0.6 is 24.0 Å². The van der Waals surface area contributed by atoms with Crippen LogP contribution < -0.4 is 10.6 Å². The Balaban J connectivity index is 0.00000338. The minimum absolute atomic E-state index is 0. The average Bonchev–Trinajstić information content (AvgIpc) is 2.62. The summed E-state index contributed by atoms with van der Waals surface area (Å²) in [5, 5.41) is 6.43. The van der Waals surface area contributed by atoms with Crippen LogP contribution in [0, 0.1) is 11.6 Å². The molecule has 8 heteroatoms. The zero-order valence-electron chi connectivity index (χ0n) is 15.4. The van der Waals surface area contributed by atoms with Gasteiger partial charge in [-0.3, -0.25) is 4.99 Å². The molecule has 1 fully saturated rings. The maximum absolute atomic E-state index is 13.7. The lowest BCUT2D eigenvalue weighted by Gasteiger charge is -2.33. The summed E-state index contributed by atoms with van der Waals surface area (Å²) in [6, 6.07) is 3.80. The number of hydrogen-bond acceptors (Lipinski definition) is 3. The number of methoxy groups -OCH3 is 1. The van der Waals surface area contributed by atoms with Crippen molar-refractivity contribution in [2.75, 3.05) is 40.4 Å². The van der Waals surface area contributed by atoms with Gasteiger partial charge in [0.15, 0.2) is 5.96 Å². The molecule has 0 bridgehead atoms.